The second kappa shape index (κ2) is 11.0. The second-order valence-corrected chi connectivity index (χ2v) is 13.4. The molecule has 1 unspecified atom stereocenters. The van der Waals surface area contributed by atoms with Crippen molar-refractivity contribution in [1.29, 1.82) is 0 Å². The molecule has 0 aromatic carbocycles. The maximum Gasteiger partial charge on any atom is 0.228 e. The number of nitrogens with one attached hydrogen (secondary N) is 2. The number of sulfonamides is 2. The van der Waals surface area contributed by atoms with E-state index in [0.717, 1.165) is 57.6 Å². The van der Waals surface area contributed by atoms with Crippen LogP contribution in [0.25, 0.3) is 0 Å². The summed E-state index contributed by atoms with van der Waals surface area (Å²) in [5, 5.41) is -1.18. The normalized spacial score (nSPS) is 23.2. The fourth-order valence-electron chi connectivity index (χ4n) is 5.23. The van der Waals surface area contributed by atoms with Gasteiger partial charge in [-0.2, -0.15) is 4.72 Å². The predicted molar refractivity (Wildman–Crippen MR) is 122 cm³/mol. The molecule has 0 bridgehead atoms. The maximum absolute atomic E-state index is 13.0. The molecular weight excluding hydrogens is 424 g/mol. The predicted octanol–water partition coefficient (Wildman–Crippen LogP) is 1.77. The Kier molecular flexibility index (Phi) is 9.57. The Morgan fingerprint density at radius 2 is 1.27 bits per heavy atom. The first kappa shape index (κ1) is 26.0. The van der Waals surface area contributed by atoms with Crippen LogP contribution in [-0.2, 0) is 20.0 Å². The van der Waals surface area contributed by atoms with Gasteiger partial charge in [0.2, 0.25) is 20.0 Å². The summed E-state index contributed by atoms with van der Waals surface area (Å²) in [6, 6.07) is 0. The lowest BCUT2D eigenvalue weighted by molar-refractivity contribution is 0.176. The molecule has 0 amide bonds. The first-order valence-electron chi connectivity index (χ1n) is 11.4. The van der Waals surface area contributed by atoms with Crippen molar-refractivity contribution < 1.29 is 16.8 Å². The van der Waals surface area contributed by atoms with Gasteiger partial charge in [0, 0.05) is 6.54 Å². The van der Waals surface area contributed by atoms with Crippen molar-refractivity contribution in [2.45, 2.75) is 88.8 Å². The fraction of sp³-hybridized carbons (Fsp3) is 1.00. The van der Waals surface area contributed by atoms with E-state index in [1.54, 1.807) is 0 Å². The number of nitrogens with two attached hydrogens (primary N) is 2. The summed E-state index contributed by atoms with van der Waals surface area (Å²) in [5.41, 5.74) is 12.0. The van der Waals surface area contributed by atoms with E-state index in [1.807, 2.05) is 0 Å². The van der Waals surface area contributed by atoms with E-state index in [-0.39, 0.29) is 23.8 Å². The van der Waals surface area contributed by atoms with Crippen LogP contribution in [0.1, 0.15) is 83.5 Å². The zero-order valence-electron chi connectivity index (χ0n) is 18.5. The third kappa shape index (κ3) is 7.70. The molecule has 6 N–H and O–H groups in total. The number of rotatable bonds is 12. The van der Waals surface area contributed by atoms with Crippen molar-refractivity contribution in [2.75, 3.05) is 25.9 Å². The molecule has 10 heteroatoms. The van der Waals surface area contributed by atoms with Gasteiger partial charge in [-0.3, -0.25) is 0 Å². The molecule has 2 aliphatic carbocycles. The highest BCUT2D eigenvalue weighted by molar-refractivity contribution is 7.93. The number of hydrogen-bond donors (Lipinski definition) is 4. The topological polar surface area (TPSA) is 144 Å². The van der Waals surface area contributed by atoms with Crippen LogP contribution in [0, 0.1) is 10.8 Å². The van der Waals surface area contributed by atoms with Crippen LogP contribution in [0.15, 0.2) is 0 Å². The molecule has 2 rings (SSSR count). The monoisotopic (exact) mass is 466 g/mol. The summed E-state index contributed by atoms with van der Waals surface area (Å²) in [4.78, 5) is 0. The molecule has 30 heavy (non-hydrogen) atoms. The van der Waals surface area contributed by atoms with E-state index in [4.69, 9.17) is 11.5 Å². The lowest BCUT2D eigenvalue weighted by Gasteiger charge is -2.37. The summed E-state index contributed by atoms with van der Waals surface area (Å²) in [5.74, 6) is 0. The van der Waals surface area contributed by atoms with Gasteiger partial charge in [-0.1, -0.05) is 38.5 Å². The van der Waals surface area contributed by atoms with Crippen molar-refractivity contribution in [3.63, 3.8) is 0 Å². The SMILES string of the molecule is CS(=O)(=O)NC(CCC1(CN)CCCCC1)S(=O)(=O)NCCC1(CN)CCCCC1. The van der Waals surface area contributed by atoms with Crippen LogP contribution in [-0.4, -0.2) is 48.1 Å². The number of hydrogen-bond acceptors (Lipinski definition) is 6. The molecule has 0 heterocycles. The molecule has 0 radical (unpaired) electrons. The van der Waals surface area contributed by atoms with Gasteiger partial charge < -0.3 is 11.5 Å². The van der Waals surface area contributed by atoms with Gasteiger partial charge in [-0.25, -0.2) is 21.6 Å². The minimum absolute atomic E-state index is 0.00771. The first-order chi connectivity index (χ1) is 14.1. The molecule has 2 fully saturated rings. The first-order valence-corrected chi connectivity index (χ1v) is 14.9. The van der Waals surface area contributed by atoms with Crippen LogP contribution in [0.2, 0.25) is 0 Å². The zero-order chi connectivity index (χ0) is 22.3. The molecule has 178 valence electrons. The van der Waals surface area contributed by atoms with E-state index in [1.165, 1.54) is 12.8 Å². The molecule has 0 aromatic rings. The van der Waals surface area contributed by atoms with Gasteiger partial charge in [0.1, 0.15) is 5.37 Å². The molecule has 2 saturated carbocycles. The molecule has 1 atom stereocenters. The van der Waals surface area contributed by atoms with Crippen molar-refractivity contribution in [2.24, 2.45) is 22.3 Å². The van der Waals surface area contributed by atoms with Crippen molar-refractivity contribution in [1.82, 2.24) is 9.44 Å². The molecule has 0 spiro atoms. The van der Waals surface area contributed by atoms with Crippen molar-refractivity contribution in [3.05, 3.63) is 0 Å². The highest BCUT2D eigenvalue weighted by atomic mass is 32.2. The van der Waals surface area contributed by atoms with Gasteiger partial charge in [0.25, 0.3) is 0 Å². The molecule has 0 saturated heterocycles. The van der Waals surface area contributed by atoms with Crippen LogP contribution in [0.5, 0.6) is 0 Å². The zero-order valence-corrected chi connectivity index (χ0v) is 20.1. The molecule has 2 aliphatic rings. The minimum atomic E-state index is -3.85. The second-order valence-electron chi connectivity index (χ2n) is 9.64. The van der Waals surface area contributed by atoms with E-state index in [2.05, 4.69) is 9.44 Å². The summed E-state index contributed by atoms with van der Waals surface area (Å²) < 4.78 is 54.8. The molecule has 0 aromatic heterocycles. The highest BCUT2D eigenvalue weighted by Gasteiger charge is 2.36. The maximum atomic E-state index is 13.0. The Balaban J connectivity index is 2.02. The fourth-order valence-corrected chi connectivity index (χ4v) is 7.87. The quantitative estimate of drug-likeness (QED) is 0.345. The average molecular weight is 467 g/mol. The van der Waals surface area contributed by atoms with Crippen LogP contribution in [0.3, 0.4) is 0 Å². The highest BCUT2D eigenvalue weighted by Crippen LogP contribution is 2.40. The van der Waals surface area contributed by atoms with Crippen molar-refractivity contribution >= 4 is 20.0 Å². The van der Waals surface area contributed by atoms with E-state index < -0.39 is 25.4 Å². The lowest BCUT2D eigenvalue weighted by atomic mass is 9.71. The Morgan fingerprint density at radius 3 is 1.70 bits per heavy atom. The van der Waals surface area contributed by atoms with Crippen molar-refractivity contribution in [3.8, 4) is 0 Å². The van der Waals surface area contributed by atoms with Crippen LogP contribution < -0.4 is 20.9 Å². The van der Waals surface area contributed by atoms with E-state index in [9.17, 15) is 16.8 Å². The summed E-state index contributed by atoms with van der Waals surface area (Å²) in [7, 11) is -7.52. The van der Waals surface area contributed by atoms with Gasteiger partial charge in [0.15, 0.2) is 0 Å². The lowest BCUT2D eigenvalue weighted by Crippen LogP contribution is -2.48. The minimum Gasteiger partial charge on any atom is -0.330 e. The average Bonchev–Trinajstić information content (AvgIpc) is 2.71. The van der Waals surface area contributed by atoms with Gasteiger partial charge >= 0.3 is 0 Å². The van der Waals surface area contributed by atoms with Crippen LogP contribution in [0.4, 0.5) is 0 Å². The Labute approximate surface area is 183 Å². The summed E-state index contributed by atoms with van der Waals surface area (Å²) in [6.07, 6.45) is 13.3. The summed E-state index contributed by atoms with van der Waals surface area (Å²) >= 11 is 0. The third-order valence-electron chi connectivity index (χ3n) is 7.31. The van der Waals surface area contributed by atoms with Gasteiger partial charge in [-0.05, 0) is 68.9 Å². The van der Waals surface area contributed by atoms with E-state index in [0.29, 0.717) is 25.9 Å². The standard InChI is InChI=1S/C20H42N4O4S2/c1-29(25,26)24-18(8-13-19(16-21)9-4-2-5-10-19)30(27,28)23-15-14-20(17-22)11-6-3-7-12-20/h18,23-24H,2-17,21-22H2,1H3. The largest absolute Gasteiger partial charge is 0.330 e. The third-order valence-corrected chi connectivity index (χ3v) is 9.88. The smallest absolute Gasteiger partial charge is 0.228 e. The Bertz CT molecular complexity index is 728. The van der Waals surface area contributed by atoms with Gasteiger partial charge in [-0.15, -0.1) is 0 Å². The Morgan fingerprint density at radius 1 is 0.800 bits per heavy atom. The molecule has 0 aliphatic heterocycles. The van der Waals surface area contributed by atoms with Crippen LogP contribution >= 0.6 is 0 Å². The Hall–Kier alpha value is -0.260. The molecule has 8 nitrogen and oxygen atoms in total. The van der Waals surface area contributed by atoms with E-state index >= 15 is 0 Å². The molecular formula is C20H42N4O4S2. The van der Waals surface area contributed by atoms with Gasteiger partial charge in [0.05, 0.1) is 6.26 Å². The summed E-state index contributed by atoms with van der Waals surface area (Å²) in [6.45, 7) is 1.34.